The Morgan fingerprint density at radius 1 is 1.09 bits per heavy atom. The van der Waals surface area contributed by atoms with Crippen LogP contribution in [0.1, 0.15) is 24.1 Å². The van der Waals surface area contributed by atoms with Crippen molar-refractivity contribution in [1.29, 1.82) is 0 Å². The molecule has 0 aliphatic carbocycles. The van der Waals surface area contributed by atoms with Gasteiger partial charge in [0, 0.05) is 56.2 Å². The number of carbonyl (C=O) groups is 2. The average molecular weight is 480 g/mol. The summed E-state index contributed by atoms with van der Waals surface area (Å²) in [6.07, 6.45) is 0. The third-order valence-electron chi connectivity index (χ3n) is 6.24. The number of nitro groups is 1. The second kappa shape index (κ2) is 10.6. The van der Waals surface area contributed by atoms with Gasteiger partial charge in [0.15, 0.2) is 0 Å². The van der Waals surface area contributed by atoms with Gasteiger partial charge in [0.05, 0.1) is 23.1 Å². The summed E-state index contributed by atoms with van der Waals surface area (Å²) in [6.45, 7) is 7.52. The summed E-state index contributed by atoms with van der Waals surface area (Å²) in [5.74, 6) is -0.531. The summed E-state index contributed by atoms with van der Waals surface area (Å²) >= 11 is 0. The van der Waals surface area contributed by atoms with Crippen LogP contribution in [0.3, 0.4) is 0 Å². The van der Waals surface area contributed by atoms with Gasteiger partial charge < -0.3 is 20.3 Å². The Balaban J connectivity index is 1.55. The quantitative estimate of drug-likeness (QED) is 0.356. The van der Waals surface area contributed by atoms with Crippen LogP contribution in [0.4, 0.5) is 16.2 Å². The highest BCUT2D eigenvalue weighted by atomic mass is 16.6. The van der Waals surface area contributed by atoms with Gasteiger partial charge in [0.1, 0.15) is 0 Å². The third kappa shape index (κ3) is 5.60. The molecule has 10 nitrogen and oxygen atoms in total. The number of hydrogen-bond donors (Lipinski definition) is 2. The molecule has 0 unspecified atom stereocenters. The first-order valence-corrected chi connectivity index (χ1v) is 11.6. The van der Waals surface area contributed by atoms with Crippen LogP contribution in [0.5, 0.6) is 0 Å². The fourth-order valence-corrected chi connectivity index (χ4v) is 4.37. The van der Waals surface area contributed by atoms with Crippen molar-refractivity contribution in [3.8, 4) is 0 Å². The molecular formula is C25H29N5O5. The minimum atomic E-state index is -0.771. The first-order valence-electron chi connectivity index (χ1n) is 11.6. The SMILES string of the molecule is CCOC(=O)C1=C(CN2CCN(c3ccc(C)cc3)CC2)NC(=O)N[C@@H]1c1ccc([N+](=O)[O-])cc1. The predicted octanol–water partition coefficient (Wildman–Crippen LogP) is 2.90. The molecule has 1 fully saturated rings. The van der Waals surface area contributed by atoms with Crippen molar-refractivity contribution in [1.82, 2.24) is 15.5 Å². The fourth-order valence-electron chi connectivity index (χ4n) is 4.37. The van der Waals surface area contributed by atoms with Crippen LogP contribution in [0.15, 0.2) is 59.8 Å². The number of esters is 1. The number of ether oxygens (including phenoxy) is 1. The minimum absolute atomic E-state index is 0.0673. The van der Waals surface area contributed by atoms with Gasteiger partial charge in [-0.3, -0.25) is 15.0 Å². The molecule has 0 saturated carbocycles. The monoisotopic (exact) mass is 479 g/mol. The van der Waals surface area contributed by atoms with E-state index in [0.717, 1.165) is 26.2 Å². The van der Waals surface area contributed by atoms with E-state index in [1.807, 2.05) is 0 Å². The summed E-state index contributed by atoms with van der Waals surface area (Å²) in [5, 5.41) is 16.6. The van der Waals surface area contributed by atoms with Crippen LogP contribution in [-0.4, -0.2) is 61.2 Å². The Kier molecular flexibility index (Phi) is 7.31. The molecule has 10 heteroatoms. The molecule has 2 aliphatic rings. The van der Waals surface area contributed by atoms with E-state index in [0.29, 0.717) is 23.4 Å². The zero-order valence-corrected chi connectivity index (χ0v) is 19.8. The van der Waals surface area contributed by atoms with E-state index in [1.54, 1.807) is 19.1 Å². The van der Waals surface area contributed by atoms with E-state index >= 15 is 0 Å². The largest absolute Gasteiger partial charge is 0.463 e. The average Bonchev–Trinajstić information content (AvgIpc) is 2.85. The van der Waals surface area contributed by atoms with E-state index in [1.165, 1.54) is 23.4 Å². The van der Waals surface area contributed by atoms with E-state index in [4.69, 9.17) is 4.74 Å². The number of rotatable bonds is 7. The van der Waals surface area contributed by atoms with Gasteiger partial charge in [-0.2, -0.15) is 0 Å². The molecule has 1 atom stereocenters. The Morgan fingerprint density at radius 3 is 2.34 bits per heavy atom. The topological polar surface area (TPSA) is 117 Å². The summed E-state index contributed by atoms with van der Waals surface area (Å²) < 4.78 is 5.31. The molecule has 4 rings (SSSR count). The van der Waals surface area contributed by atoms with Gasteiger partial charge in [-0.05, 0) is 43.7 Å². The number of piperazine rings is 1. The lowest BCUT2D eigenvalue weighted by Gasteiger charge is -2.38. The summed E-state index contributed by atoms with van der Waals surface area (Å²) in [7, 11) is 0. The molecule has 2 N–H and O–H groups in total. The number of nitrogens with one attached hydrogen (secondary N) is 2. The van der Waals surface area contributed by atoms with Crippen molar-refractivity contribution < 1.29 is 19.2 Å². The maximum Gasteiger partial charge on any atom is 0.338 e. The van der Waals surface area contributed by atoms with Crippen LogP contribution in [0, 0.1) is 17.0 Å². The number of non-ortho nitro benzene ring substituents is 1. The minimum Gasteiger partial charge on any atom is -0.463 e. The zero-order valence-electron chi connectivity index (χ0n) is 19.8. The van der Waals surface area contributed by atoms with Crippen molar-refractivity contribution in [2.45, 2.75) is 19.9 Å². The second-order valence-electron chi connectivity index (χ2n) is 8.59. The Labute approximate surface area is 203 Å². The van der Waals surface area contributed by atoms with Gasteiger partial charge in [0.2, 0.25) is 0 Å². The number of nitro benzene ring substituents is 1. The van der Waals surface area contributed by atoms with Crippen molar-refractivity contribution >= 4 is 23.4 Å². The van der Waals surface area contributed by atoms with Gasteiger partial charge in [-0.15, -0.1) is 0 Å². The number of hydrogen-bond acceptors (Lipinski definition) is 7. The summed E-state index contributed by atoms with van der Waals surface area (Å²) in [6, 6.07) is 13.0. The van der Waals surface area contributed by atoms with Crippen molar-refractivity contribution in [2.24, 2.45) is 0 Å². The molecule has 2 aromatic carbocycles. The van der Waals surface area contributed by atoms with Crippen LogP contribution < -0.4 is 15.5 Å². The van der Waals surface area contributed by atoms with Gasteiger partial charge in [0.25, 0.3) is 5.69 Å². The highest BCUT2D eigenvalue weighted by Crippen LogP contribution is 2.29. The van der Waals surface area contributed by atoms with E-state index in [9.17, 15) is 19.7 Å². The van der Waals surface area contributed by atoms with Crippen LogP contribution >= 0.6 is 0 Å². The van der Waals surface area contributed by atoms with E-state index < -0.39 is 23.0 Å². The maximum atomic E-state index is 13.0. The molecule has 2 heterocycles. The number of nitrogens with zero attached hydrogens (tertiary/aromatic N) is 3. The number of benzene rings is 2. The zero-order chi connectivity index (χ0) is 24.9. The number of amides is 2. The molecule has 2 aliphatic heterocycles. The summed E-state index contributed by atoms with van der Waals surface area (Å²) in [4.78, 5) is 40.5. The normalized spacial score (nSPS) is 18.6. The molecule has 0 bridgehead atoms. The lowest BCUT2D eigenvalue weighted by Crippen LogP contribution is -2.51. The summed E-state index contributed by atoms with van der Waals surface area (Å²) in [5.41, 5.74) is 3.68. The van der Waals surface area contributed by atoms with Gasteiger partial charge in [-0.25, -0.2) is 9.59 Å². The number of aryl methyl sites for hydroxylation is 1. The number of urea groups is 1. The van der Waals surface area contributed by atoms with E-state index in [-0.39, 0.29) is 12.3 Å². The molecule has 2 aromatic rings. The molecule has 35 heavy (non-hydrogen) atoms. The standard InChI is InChI=1S/C25H29N5O5/c1-3-35-24(31)22-21(16-28-12-14-29(15-13-28)19-8-4-17(2)5-9-19)26-25(32)27-23(22)18-6-10-20(11-7-18)30(33)34/h4-11,23H,3,12-16H2,1-2H3,(H2,26,27,32)/t23-/m1/s1. The first-order chi connectivity index (χ1) is 16.9. The van der Waals surface area contributed by atoms with Gasteiger partial charge >= 0.3 is 12.0 Å². The van der Waals surface area contributed by atoms with Crippen molar-refractivity contribution in [2.75, 3.05) is 44.2 Å². The lowest BCUT2D eigenvalue weighted by molar-refractivity contribution is -0.384. The predicted molar refractivity (Wildman–Crippen MR) is 131 cm³/mol. The third-order valence-corrected chi connectivity index (χ3v) is 6.24. The Hall–Kier alpha value is -3.92. The lowest BCUT2D eigenvalue weighted by atomic mass is 9.94. The molecule has 1 saturated heterocycles. The number of carbonyl (C=O) groups excluding carboxylic acids is 2. The Morgan fingerprint density at radius 2 is 1.74 bits per heavy atom. The molecular weight excluding hydrogens is 450 g/mol. The molecule has 0 aromatic heterocycles. The van der Waals surface area contributed by atoms with Crippen LogP contribution in [-0.2, 0) is 9.53 Å². The second-order valence-corrected chi connectivity index (χ2v) is 8.59. The van der Waals surface area contributed by atoms with E-state index in [2.05, 4.69) is 51.6 Å². The molecule has 0 spiro atoms. The first kappa shape index (κ1) is 24.2. The molecule has 184 valence electrons. The maximum absolute atomic E-state index is 13.0. The molecule has 2 amide bonds. The van der Waals surface area contributed by atoms with Crippen molar-refractivity contribution in [3.05, 3.63) is 81.0 Å². The van der Waals surface area contributed by atoms with Crippen LogP contribution in [0.25, 0.3) is 0 Å². The highest BCUT2D eigenvalue weighted by Gasteiger charge is 2.35. The van der Waals surface area contributed by atoms with Crippen molar-refractivity contribution in [3.63, 3.8) is 0 Å². The Bertz CT molecular complexity index is 1120. The van der Waals surface area contributed by atoms with Crippen LogP contribution in [0.2, 0.25) is 0 Å². The van der Waals surface area contributed by atoms with Gasteiger partial charge in [-0.1, -0.05) is 17.7 Å². The highest BCUT2D eigenvalue weighted by molar-refractivity contribution is 5.95. The smallest absolute Gasteiger partial charge is 0.338 e. The number of anilines is 1. The fraction of sp³-hybridized carbons (Fsp3) is 0.360. The molecule has 0 radical (unpaired) electrons.